The molecule has 0 spiro atoms. The van der Waals surface area contributed by atoms with Gasteiger partial charge in [0.2, 0.25) is 0 Å². The Labute approximate surface area is 130 Å². The van der Waals surface area contributed by atoms with Gasteiger partial charge in [-0.3, -0.25) is 9.59 Å². The smallest absolute Gasteiger partial charge is 0.418 e. The summed E-state index contributed by atoms with van der Waals surface area (Å²) in [6.45, 7) is 3.16. The molecule has 0 radical (unpaired) electrons. The standard InChI is InChI=1S/C14H17F3N2O4/c1-12(2)6-19(7-13(3,23-12)14(15,16)17)11(21)8-4-9(10(18)20)22-5-8/h4-5H,6-7H2,1-3H3,(H2,18,20)/t13-/m0/s1. The van der Waals surface area contributed by atoms with Crippen LogP contribution in [0.3, 0.4) is 0 Å². The van der Waals surface area contributed by atoms with Crippen LogP contribution < -0.4 is 5.73 Å². The van der Waals surface area contributed by atoms with Gasteiger partial charge in [0, 0.05) is 12.6 Å². The van der Waals surface area contributed by atoms with Crippen molar-refractivity contribution in [1.82, 2.24) is 4.90 Å². The number of hydrogen-bond acceptors (Lipinski definition) is 4. The molecule has 0 bridgehead atoms. The molecule has 2 N–H and O–H groups in total. The van der Waals surface area contributed by atoms with E-state index in [-0.39, 0.29) is 17.9 Å². The second-order valence-electron chi connectivity index (χ2n) is 6.32. The highest BCUT2D eigenvalue weighted by atomic mass is 19.4. The van der Waals surface area contributed by atoms with E-state index in [1.165, 1.54) is 13.8 Å². The van der Waals surface area contributed by atoms with E-state index in [1.54, 1.807) is 0 Å². The molecule has 1 aromatic heterocycles. The summed E-state index contributed by atoms with van der Waals surface area (Å²) in [7, 11) is 0. The maximum Gasteiger partial charge on any atom is 0.418 e. The normalized spacial score (nSPS) is 24.5. The molecule has 9 heteroatoms. The first-order valence-electron chi connectivity index (χ1n) is 6.79. The van der Waals surface area contributed by atoms with Crippen LogP contribution in [0.5, 0.6) is 0 Å². The summed E-state index contributed by atoms with van der Waals surface area (Å²) in [5.41, 5.74) is 1.31. The molecule has 0 unspecified atom stereocenters. The van der Waals surface area contributed by atoms with Gasteiger partial charge in [-0.15, -0.1) is 0 Å². The molecule has 2 amide bonds. The molecule has 1 fully saturated rings. The fraction of sp³-hybridized carbons (Fsp3) is 0.571. The second kappa shape index (κ2) is 5.26. The van der Waals surface area contributed by atoms with Crippen LogP contribution in [0.15, 0.2) is 16.7 Å². The lowest BCUT2D eigenvalue weighted by Crippen LogP contribution is -2.65. The number of rotatable bonds is 2. The maximum absolute atomic E-state index is 13.3. The van der Waals surface area contributed by atoms with Crippen molar-refractivity contribution in [3.05, 3.63) is 23.7 Å². The first kappa shape index (κ1) is 17.3. The molecule has 2 heterocycles. The van der Waals surface area contributed by atoms with Gasteiger partial charge in [-0.2, -0.15) is 13.2 Å². The molecule has 23 heavy (non-hydrogen) atoms. The summed E-state index contributed by atoms with van der Waals surface area (Å²) in [5.74, 6) is -1.79. The van der Waals surface area contributed by atoms with Crippen molar-refractivity contribution >= 4 is 11.8 Å². The Hall–Kier alpha value is -2.03. The molecule has 1 aliphatic rings. The van der Waals surface area contributed by atoms with Crippen molar-refractivity contribution in [2.24, 2.45) is 5.73 Å². The van der Waals surface area contributed by atoms with Crippen molar-refractivity contribution in [3.63, 3.8) is 0 Å². The number of amides is 2. The van der Waals surface area contributed by atoms with Crippen molar-refractivity contribution in [2.45, 2.75) is 38.1 Å². The monoisotopic (exact) mass is 334 g/mol. The average Bonchev–Trinajstić information content (AvgIpc) is 2.83. The summed E-state index contributed by atoms with van der Waals surface area (Å²) < 4.78 is 49.8. The number of carbonyl (C=O) groups excluding carboxylic acids is 2. The van der Waals surface area contributed by atoms with E-state index < -0.39 is 35.7 Å². The quantitative estimate of drug-likeness (QED) is 0.896. The van der Waals surface area contributed by atoms with Gasteiger partial charge >= 0.3 is 6.18 Å². The van der Waals surface area contributed by atoms with Crippen LogP contribution in [0.2, 0.25) is 0 Å². The molecule has 128 valence electrons. The zero-order chi connectivity index (χ0) is 17.6. The van der Waals surface area contributed by atoms with Crippen LogP contribution in [0, 0.1) is 0 Å². The molecule has 1 atom stereocenters. The minimum atomic E-state index is -4.64. The number of primary amides is 1. The third-order valence-electron chi connectivity index (χ3n) is 3.54. The van der Waals surface area contributed by atoms with Gasteiger partial charge in [0.05, 0.1) is 17.7 Å². The largest absolute Gasteiger partial charge is 0.458 e. The molecule has 0 aliphatic carbocycles. The molecule has 1 saturated heterocycles. The summed E-state index contributed by atoms with van der Waals surface area (Å²) in [6, 6.07) is 1.11. The van der Waals surface area contributed by atoms with E-state index in [1.807, 2.05) is 0 Å². The average molecular weight is 334 g/mol. The molecule has 0 saturated carbocycles. The topological polar surface area (TPSA) is 85.8 Å². The molecule has 2 rings (SSSR count). The maximum atomic E-state index is 13.3. The van der Waals surface area contributed by atoms with Crippen LogP contribution in [-0.4, -0.2) is 47.2 Å². The summed E-state index contributed by atoms with van der Waals surface area (Å²) in [4.78, 5) is 24.4. The third kappa shape index (κ3) is 3.34. The van der Waals surface area contributed by atoms with Gasteiger partial charge in [-0.25, -0.2) is 0 Å². The number of ether oxygens (including phenoxy) is 1. The van der Waals surface area contributed by atoms with E-state index in [0.717, 1.165) is 24.2 Å². The van der Waals surface area contributed by atoms with E-state index in [2.05, 4.69) is 0 Å². The molecule has 1 aromatic rings. The minimum Gasteiger partial charge on any atom is -0.458 e. The first-order valence-corrected chi connectivity index (χ1v) is 6.79. The zero-order valence-corrected chi connectivity index (χ0v) is 12.9. The number of alkyl halides is 3. The molecule has 1 aliphatic heterocycles. The van der Waals surface area contributed by atoms with Crippen molar-refractivity contribution < 1.29 is 31.9 Å². The highest BCUT2D eigenvalue weighted by Gasteiger charge is 2.58. The molecular formula is C14H17F3N2O4. The predicted octanol–water partition coefficient (Wildman–Crippen LogP) is 1.95. The van der Waals surface area contributed by atoms with Gasteiger partial charge in [0.1, 0.15) is 6.26 Å². The summed E-state index contributed by atoms with van der Waals surface area (Å²) in [5, 5.41) is 0. The third-order valence-corrected chi connectivity index (χ3v) is 3.54. The van der Waals surface area contributed by atoms with Crippen LogP contribution in [-0.2, 0) is 4.74 Å². The highest BCUT2D eigenvalue weighted by molar-refractivity contribution is 5.98. The van der Waals surface area contributed by atoms with E-state index in [9.17, 15) is 22.8 Å². The van der Waals surface area contributed by atoms with Gasteiger partial charge < -0.3 is 19.8 Å². The van der Waals surface area contributed by atoms with Crippen LogP contribution >= 0.6 is 0 Å². The Balaban J connectivity index is 2.30. The van der Waals surface area contributed by atoms with Crippen molar-refractivity contribution in [2.75, 3.05) is 13.1 Å². The Bertz CT molecular complexity index is 638. The SMILES string of the molecule is CC1(C)CN(C(=O)c2coc(C(N)=O)c2)C[C@@](C)(C(F)(F)F)O1. The van der Waals surface area contributed by atoms with Crippen molar-refractivity contribution in [1.29, 1.82) is 0 Å². The van der Waals surface area contributed by atoms with E-state index >= 15 is 0 Å². The zero-order valence-electron chi connectivity index (χ0n) is 12.9. The first-order chi connectivity index (χ1) is 10.3. The van der Waals surface area contributed by atoms with E-state index in [4.69, 9.17) is 14.9 Å². The Kier molecular flexibility index (Phi) is 3.96. The van der Waals surface area contributed by atoms with Gasteiger partial charge in [-0.1, -0.05) is 0 Å². The number of furan rings is 1. The fourth-order valence-electron chi connectivity index (χ4n) is 2.61. The number of carbonyl (C=O) groups is 2. The van der Waals surface area contributed by atoms with E-state index in [0.29, 0.717) is 0 Å². The van der Waals surface area contributed by atoms with Gasteiger partial charge in [-0.05, 0) is 20.8 Å². The number of halogens is 3. The second-order valence-corrected chi connectivity index (χ2v) is 6.32. The van der Waals surface area contributed by atoms with Gasteiger partial charge in [0.15, 0.2) is 11.4 Å². The minimum absolute atomic E-state index is 0.0331. The highest BCUT2D eigenvalue weighted by Crippen LogP contribution is 2.40. The molecule has 6 nitrogen and oxygen atoms in total. The van der Waals surface area contributed by atoms with Crippen LogP contribution in [0.4, 0.5) is 13.2 Å². The van der Waals surface area contributed by atoms with Crippen molar-refractivity contribution in [3.8, 4) is 0 Å². The number of hydrogen-bond donors (Lipinski definition) is 1. The number of morpholine rings is 1. The lowest BCUT2D eigenvalue weighted by Gasteiger charge is -2.48. The van der Waals surface area contributed by atoms with Gasteiger partial charge in [0.25, 0.3) is 11.8 Å². The van der Waals surface area contributed by atoms with Crippen LogP contribution in [0.1, 0.15) is 41.7 Å². The summed E-state index contributed by atoms with van der Waals surface area (Å²) in [6.07, 6.45) is -3.65. The Morgan fingerprint density at radius 2 is 1.87 bits per heavy atom. The fourth-order valence-corrected chi connectivity index (χ4v) is 2.61. The lowest BCUT2D eigenvalue weighted by atomic mass is 9.96. The number of nitrogens with two attached hydrogens (primary N) is 1. The lowest BCUT2D eigenvalue weighted by molar-refractivity contribution is -0.318. The van der Waals surface area contributed by atoms with Crippen LogP contribution in [0.25, 0.3) is 0 Å². The Morgan fingerprint density at radius 3 is 2.35 bits per heavy atom. The molecule has 0 aromatic carbocycles. The number of nitrogens with zero attached hydrogens (tertiary/aromatic N) is 1. The summed E-state index contributed by atoms with van der Waals surface area (Å²) >= 11 is 0. The Morgan fingerprint density at radius 1 is 1.26 bits per heavy atom. The molecular weight excluding hydrogens is 317 g/mol. The predicted molar refractivity (Wildman–Crippen MR) is 72.8 cm³/mol.